The molecular weight excluding hydrogens is 459 g/mol. The van der Waals surface area contributed by atoms with E-state index >= 15 is 0 Å². The molecule has 1 aliphatic heterocycles. The van der Waals surface area contributed by atoms with Crippen LogP contribution in [0.1, 0.15) is 48.8 Å². The molecule has 2 aliphatic rings. The normalized spacial score (nSPS) is 16.6. The molecule has 1 amide bonds. The zero-order valence-corrected chi connectivity index (χ0v) is 22.4. The summed E-state index contributed by atoms with van der Waals surface area (Å²) in [7, 11) is -2.59. The molecule has 0 bridgehead atoms. The molecule has 8 heteroatoms. The molecule has 1 heterocycles. The summed E-state index contributed by atoms with van der Waals surface area (Å²) in [6, 6.07) is 19.9. The van der Waals surface area contributed by atoms with E-state index in [1.807, 2.05) is 30.3 Å². The minimum Gasteiger partial charge on any atom is -0.573 e. The van der Waals surface area contributed by atoms with Crippen LogP contribution in [0.2, 0.25) is 0 Å². The van der Waals surface area contributed by atoms with E-state index in [-0.39, 0.29) is 52.0 Å². The van der Waals surface area contributed by atoms with Gasteiger partial charge in [0.25, 0.3) is 0 Å². The van der Waals surface area contributed by atoms with E-state index in [2.05, 4.69) is 17.0 Å². The van der Waals surface area contributed by atoms with Gasteiger partial charge >= 0.3 is 29.6 Å². The summed E-state index contributed by atoms with van der Waals surface area (Å²) in [6.07, 6.45) is 2.48. The summed E-state index contributed by atoms with van der Waals surface area (Å²) >= 11 is 0. The Balaban J connectivity index is 0.00000274. The Morgan fingerprint density at radius 2 is 1.71 bits per heavy atom. The van der Waals surface area contributed by atoms with Crippen LogP contribution in [0.25, 0.3) is 4.72 Å². The van der Waals surface area contributed by atoms with Crippen LogP contribution in [0.15, 0.2) is 71.6 Å². The molecule has 1 fully saturated rings. The number of benzene rings is 3. The Morgan fingerprint density at radius 1 is 1.03 bits per heavy atom. The molecule has 1 unspecified atom stereocenters. The molecule has 34 heavy (non-hydrogen) atoms. The zero-order valence-electron chi connectivity index (χ0n) is 19.5. The molecule has 170 valence electrons. The second-order valence-corrected chi connectivity index (χ2v) is 10.3. The van der Waals surface area contributed by atoms with Gasteiger partial charge in [0.1, 0.15) is 15.8 Å². The van der Waals surface area contributed by atoms with Crippen molar-refractivity contribution in [2.75, 3.05) is 12.4 Å². The summed E-state index contributed by atoms with van der Waals surface area (Å²) in [6.45, 7) is 2.06. The number of carbonyl (C=O) groups is 1. The maximum Gasteiger partial charge on any atom is 1.00 e. The molecule has 3 aromatic carbocycles. The van der Waals surface area contributed by atoms with Gasteiger partial charge in [-0.05, 0) is 41.7 Å². The van der Waals surface area contributed by atoms with Crippen LogP contribution in [0.4, 0.5) is 11.4 Å². The number of para-hydroxylation sites is 1. The number of amides is 1. The fraction of sp³-hybridized carbons (Fsp3) is 0.269. The van der Waals surface area contributed by atoms with Crippen molar-refractivity contribution >= 4 is 27.3 Å². The topological polar surface area (TPSA) is 86.6 Å². The number of fused-ring (bicyclic) bond motifs is 2. The maximum absolute atomic E-state index is 13.2. The van der Waals surface area contributed by atoms with E-state index in [9.17, 15) is 13.2 Å². The SMILES string of the molecule is COc1ccccc1S(=O)(=O)[N-]c1cc(C(C)c2ccccc2)c2c(c1)C1(CCC1)C(=O)N2.[Na+]. The van der Waals surface area contributed by atoms with Crippen LogP contribution in [0, 0.1) is 0 Å². The largest absolute Gasteiger partial charge is 1.00 e. The number of hydrogen-bond acceptors (Lipinski definition) is 4. The number of nitrogens with zero attached hydrogens (tertiary/aromatic N) is 1. The third-order valence-corrected chi connectivity index (χ3v) is 8.23. The van der Waals surface area contributed by atoms with Gasteiger partial charge < -0.3 is 14.8 Å². The Morgan fingerprint density at radius 3 is 2.35 bits per heavy atom. The number of nitrogens with one attached hydrogen (secondary N) is 1. The van der Waals surface area contributed by atoms with E-state index in [0.29, 0.717) is 5.69 Å². The monoisotopic (exact) mass is 484 g/mol. The molecule has 0 radical (unpaired) electrons. The first-order valence-corrected chi connectivity index (χ1v) is 12.5. The average Bonchev–Trinajstić information content (AvgIpc) is 3.10. The Bertz CT molecular complexity index is 1340. The van der Waals surface area contributed by atoms with Gasteiger partial charge in [-0.3, -0.25) is 4.79 Å². The van der Waals surface area contributed by atoms with Crippen molar-refractivity contribution in [2.45, 2.75) is 42.4 Å². The first-order chi connectivity index (χ1) is 15.9. The minimum absolute atomic E-state index is 0. The van der Waals surface area contributed by atoms with Crippen molar-refractivity contribution in [3.05, 3.63) is 88.1 Å². The Kier molecular flexibility index (Phi) is 6.84. The molecule has 1 atom stereocenters. The van der Waals surface area contributed by atoms with Crippen molar-refractivity contribution < 1.29 is 47.5 Å². The fourth-order valence-electron chi connectivity index (χ4n) is 4.88. The van der Waals surface area contributed by atoms with Crippen molar-refractivity contribution in [1.82, 2.24) is 0 Å². The van der Waals surface area contributed by atoms with Gasteiger partial charge in [-0.15, -0.1) is 5.69 Å². The fourth-order valence-corrected chi connectivity index (χ4v) is 6.02. The number of hydrogen-bond donors (Lipinski definition) is 1. The number of methoxy groups -OCH3 is 1. The van der Waals surface area contributed by atoms with Crippen LogP contribution in [-0.4, -0.2) is 21.4 Å². The average molecular weight is 485 g/mol. The van der Waals surface area contributed by atoms with Gasteiger partial charge in [0.05, 0.1) is 17.4 Å². The molecule has 6 nitrogen and oxygen atoms in total. The number of ether oxygens (including phenoxy) is 1. The summed E-state index contributed by atoms with van der Waals surface area (Å²) in [5.74, 6) is 0.183. The van der Waals surface area contributed by atoms with Gasteiger partial charge in [0, 0.05) is 11.6 Å². The third-order valence-electron chi connectivity index (χ3n) is 6.89. The van der Waals surface area contributed by atoms with Crippen LogP contribution >= 0.6 is 0 Å². The van der Waals surface area contributed by atoms with E-state index in [0.717, 1.165) is 41.6 Å². The number of carbonyl (C=O) groups excluding carboxylic acids is 1. The van der Waals surface area contributed by atoms with Crippen molar-refractivity contribution in [2.24, 2.45) is 0 Å². The summed E-state index contributed by atoms with van der Waals surface area (Å²) < 4.78 is 35.9. The summed E-state index contributed by atoms with van der Waals surface area (Å²) in [4.78, 5) is 13.0. The van der Waals surface area contributed by atoms with Crippen LogP contribution in [0.3, 0.4) is 0 Å². The van der Waals surface area contributed by atoms with Gasteiger partial charge in [-0.1, -0.05) is 67.9 Å². The number of anilines is 1. The molecule has 1 N–H and O–H groups in total. The standard InChI is InChI=1S/C26H25N2O4S.Na/c1-17(18-9-4-3-5-10-18)20-15-19(16-21-24(20)27-25(29)26(21)13-8-14-26)28-33(30,31)23-12-7-6-11-22(23)32-2;/h3-7,9-12,15-17H,8,13-14H2,1-2H3,(H,27,29);/q-1;+1. The van der Waals surface area contributed by atoms with Crippen molar-refractivity contribution in [3.8, 4) is 5.75 Å². The minimum atomic E-state index is -4.03. The van der Waals surface area contributed by atoms with Gasteiger partial charge in [-0.25, -0.2) is 8.42 Å². The van der Waals surface area contributed by atoms with Gasteiger partial charge in [-0.2, -0.15) is 0 Å². The van der Waals surface area contributed by atoms with E-state index in [4.69, 9.17) is 4.74 Å². The van der Waals surface area contributed by atoms with E-state index in [1.54, 1.807) is 30.3 Å². The molecule has 0 aromatic heterocycles. The second-order valence-electron chi connectivity index (χ2n) is 8.70. The second kappa shape index (κ2) is 9.38. The number of sulfonamides is 1. The quantitative estimate of drug-likeness (QED) is 0.545. The predicted octanol–water partition coefficient (Wildman–Crippen LogP) is 2.62. The Labute approximate surface area is 222 Å². The smallest absolute Gasteiger partial charge is 0.573 e. The Hall–Kier alpha value is -2.32. The van der Waals surface area contributed by atoms with E-state index in [1.165, 1.54) is 13.2 Å². The first-order valence-electron chi connectivity index (χ1n) is 11.0. The summed E-state index contributed by atoms with van der Waals surface area (Å²) in [5.41, 5.74) is 3.33. The van der Waals surface area contributed by atoms with Gasteiger partial charge in [0.2, 0.25) is 5.91 Å². The zero-order chi connectivity index (χ0) is 23.2. The van der Waals surface area contributed by atoms with Crippen LogP contribution < -0.4 is 39.6 Å². The molecule has 3 aromatic rings. The number of rotatable bonds is 6. The van der Waals surface area contributed by atoms with Crippen LogP contribution in [-0.2, 0) is 20.2 Å². The van der Waals surface area contributed by atoms with Gasteiger partial charge in [0.15, 0.2) is 0 Å². The third kappa shape index (κ3) is 4.05. The predicted molar refractivity (Wildman–Crippen MR) is 128 cm³/mol. The van der Waals surface area contributed by atoms with Crippen molar-refractivity contribution in [1.29, 1.82) is 0 Å². The molecule has 0 saturated heterocycles. The summed E-state index contributed by atoms with van der Waals surface area (Å²) in [5, 5.41) is 3.10. The van der Waals surface area contributed by atoms with Crippen molar-refractivity contribution in [3.63, 3.8) is 0 Å². The van der Waals surface area contributed by atoms with E-state index < -0.39 is 15.4 Å². The van der Waals surface area contributed by atoms with Crippen LogP contribution in [0.5, 0.6) is 5.75 Å². The molecule has 1 spiro atoms. The molecular formula is C26H25N2NaO4S. The first kappa shape index (κ1) is 24.8. The molecule has 5 rings (SSSR count). The maximum atomic E-state index is 13.2. The molecule has 1 saturated carbocycles. The molecule has 1 aliphatic carbocycles.